The van der Waals surface area contributed by atoms with Gasteiger partial charge in [-0.1, -0.05) is 6.07 Å². The highest BCUT2D eigenvalue weighted by molar-refractivity contribution is 6.01. The van der Waals surface area contributed by atoms with Crippen LogP contribution in [0.3, 0.4) is 0 Å². The summed E-state index contributed by atoms with van der Waals surface area (Å²) in [6.07, 6.45) is 9.88. The minimum Gasteiger partial charge on any atom is -0.444 e. The standard InChI is InChI=1S/C41H57N7O6/c1-23(2)48-32(16-19-42-48)37(50)46-35(33(24-6-7-24)25-8-9-25)39(52)43-29-13-14-30-28(22-29)12-15-31(30)44-38(51)34(26-10-11-26)45-36(49)27-17-20-47(21-18-27)40(53)54-41(3,4)5/h13-14,16,19,22-27,31,33-35H,6-12,15,17-18,20-21H2,1-5H3,(H,43,52)(H,44,51)(H,45,49)(H,46,50)/t31-,34?,35+/m1/s1. The zero-order valence-corrected chi connectivity index (χ0v) is 32.4. The lowest BCUT2D eigenvalue weighted by Crippen LogP contribution is -2.52. The molecular weight excluding hydrogens is 686 g/mol. The number of carbonyl (C=O) groups excluding carboxylic acids is 5. The lowest BCUT2D eigenvalue weighted by Gasteiger charge is -2.33. The molecule has 292 valence electrons. The van der Waals surface area contributed by atoms with Gasteiger partial charge >= 0.3 is 6.09 Å². The number of anilines is 1. The Labute approximate surface area is 318 Å². The summed E-state index contributed by atoms with van der Waals surface area (Å²) in [5, 5.41) is 16.9. The van der Waals surface area contributed by atoms with Crippen LogP contribution < -0.4 is 21.3 Å². The second kappa shape index (κ2) is 15.4. The van der Waals surface area contributed by atoms with E-state index in [0.29, 0.717) is 49.1 Å². The first kappa shape index (κ1) is 37.9. The average molecular weight is 744 g/mol. The molecular formula is C41H57N7O6. The number of nitrogens with zero attached hydrogens (tertiary/aromatic N) is 3. The third-order valence-corrected chi connectivity index (χ3v) is 11.7. The summed E-state index contributed by atoms with van der Waals surface area (Å²) < 4.78 is 7.17. The maximum atomic E-state index is 14.0. The Balaban J connectivity index is 0.962. The van der Waals surface area contributed by atoms with E-state index >= 15 is 0 Å². The van der Waals surface area contributed by atoms with Crippen LogP contribution in [-0.4, -0.2) is 75.2 Å². The Hall–Kier alpha value is -4.42. The molecule has 1 aliphatic heterocycles. The number of rotatable bonds is 13. The van der Waals surface area contributed by atoms with E-state index in [0.717, 1.165) is 62.5 Å². The molecule has 5 aliphatic rings. The molecule has 2 aromatic rings. The quantitative estimate of drug-likeness (QED) is 0.217. The highest BCUT2D eigenvalue weighted by Crippen LogP contribution is 2.51. The first-order chi connectivity index (χ1) is 25.8. The third kappa shape index (κ3) is 8.92. The molecule has 0 bridgehead atoms. The van der Waals surface area contributed by atoms with Crippen molar-refractivity contribution in [3.05, 3.63) is 47.3 Å². The van der Waals surface area contributed by atoms with Crippen molar-refractivity contribution in [3.8, 4) is 0 Å². The fourth-order valence-electron chi connectivity index (χ4n) is 8.42. The van der Waals surface area contributed by atoms with Gasteiger partial charge in [-0.05, 0) is 152 Å². The molecule has 13 nitrogen and oxygen atoms in total. The third-order valence-electron chi connectivity index (χ3n) is 11.7. The Kier molecular flexibility index (Phi) is 10.8. The fraction of sp³-hybridized carbons (Fsp3) is 0.659. The minimum atomic E-state index is -0.652. The predicted molar refractivity (Wildman–Crippen MR) is 202 cm³/mol. The molecule has 0 radical (unpaired) electrons. The van der Waals surface area contributed by atoms with Crippen LogP contribution in [0.5, 0.6) is 0 Å². The van der Waals surface area contributed by atoms with Gasteiger partial charge in [-0.3, -0.25) is 23.9 Å². The van der Waals surface area contributed by atoms with Crippen LogP contribution in [-0.2, 0) is 25.5 Å². The molecule has 5 amide bonds. The van der Waals surface area contributed by atoms with Crippen molar-refractivity contribution >= 4 is 35.4 Å². The zero-order valence-electron chi connectivity index (χ0n) is 32.4. The van der Waals surface area contributed by atoms with Crippen LogP contribution in [0.1, 0.15) is 126 Å². The number of aromatic nitrogens is 2. The lowest BCUT2D eigenvalue weighted by atomic mass is 9.88. The van der Waals surface area contributed by atoms with Crippen LogP contribution in [0, 0.1) is 29.6 Å². The molecule has 1 aromatic heterocycles. The number of piperidine rings is 1. The number of benzene rings is 1. The van der Waals surface area contributed by atoms with Gasteiger partial charge in [0.15, 0.2) is 0 Å². The Morgan fingerprint density at radius 1 is 0.833 bits per heavy atom. The molecule has 1 saturated heterocycles. The predicted octanol–water partition coefficient (Wildman–Crippen LogP) is 5.28. The lowest BCUT2D eigenvalue weighted by molar-refractivity contribution is -0.132. The molecule has 3 atom stereocenters. The number of fused-ring (bicyclic) bond motifs is 1. The second-order valence-corrected chi connectivity index (χ2v) is 17.5. The topological polar surface area (TPSA) is 164 Å². The number of ether oxygens (including phenoxy) is 1. The van der Waals surface area contributed by atoms with Gasteiger partial charge in [0.25, 0.3) is 5.91 Å². The normalized spacial score (nSPS) is 21.3. The van der Waals surface area contributed by atoms with Gasteiger partial charge in [0.2, 0.25) is 17.7 Å². The molecule has 13 heteroatoms. The van der Waals surface area contributed by atoms with Crippen molar-refractivity contribution < 1.29 is 28.7 Å². The Morgan fingerprint density at radius 2 is 1.50 bits per heavy atom. The zero-order chi connectivity index (χ0) is 38.3. The van der Waals surface area contributed by atoms with E-state index in [-0.39, 0.29) is 59.6 Å². The van der Waals surface area contributed by atoms with Crippen LogP contribution in [0.2, 0.25) is 0 Å². The van der Waals surface area contributed by atoms with Gasteiger partial charge in [-0.25, -0.2) is 4.79 Å². The van der Waals surface area contributed by atoms with Crippen molar-refractivity contribution in [3.63, 3.8) is 0 Å². The Bertz CT molecular complexity index is 1730. The van der Waals surface area contributed by atoms with E-state index in [2.05, 4.69) is 26.4 Å². The number of amides is 5. The molecule has 54 heavy (non-hydrogen) atoms. The van der Waals surface area contributed by atoms with E-state index in [1.165, 1.54) is 0 Å². The molecule has 4 fully saturated rings. The monoisotopic (exact) mass is 743 g/mol. The number of carbonyl (C=O) groups is 5. The average Bonchev–Trinajstić information content (AvgIpc) is 4.05. The molecule has 7 rings (SSSR count). The van der Waals surface area contributed by atoms with Gasteiger partial charge in [-0.15, -0.1) is 0 Å². The molecule has 2 heterocycles. The maximum absolute atomic E-state index is 14.0. The molecule has 0 spiro atoms. The van der Waals surface area contributed by atoms with Crippen molar-refractivity contribution in [2.24, 2.45) is 29.6 Å². The van der Waals surface area contributed by atoms with Crippen LogP contribution in [0.25, 0.3) is 0 Å². The number of aryl methyl sites for hydroxylation is 1. The molecule has 1 unspecified atom stereocenters. The van der Waals surface area contributed by atoms with Crippen LogP contribution >= 0.6 is 0 Å². The number of hydrogen-bond acceptors (Lipinski definition) is 7. The van der Waals surface area contributed by atoms with Crippen molar-refractivity contribution in [1.29, 1.82) is 0 Å². The first-order valence-corrected chi connectivity index (χ1v) is 20.1. The number of likely N-dealkylation sites (tertiary alicyclic amines) is 1. The highest BCUT2D eigenvalue weighted by Gasteiger charge is 2.48. The van der Waals surface area contributed by atoms with Crippen molar-refractivity contribution in [1.82, 2.24) is 30.6 Å². The summed E-state index contributed by atoms with van der Waals surface area (Å²) in [6, 6.07) is 6.10. The summed E-state index contributed by atoms with van der Waals surface area (Å²) in [4.78, 5) is 68.8. The highest BCUT2D eigenvalue weighted by atomic mass is 16.6. The van der Waals surface area contributed by atoms with Gasteiger partial charge < -0.3 is 30.9 Å². The second-order valence-electron chi connectivity index (χ2n) is 17.5. The molecule has 3 saturated carbocycles. The number of hydrogen-bond donors (Lipinski definition) is 4. The van der Waals surface area contributed by atoms with Crippen LogP contribution in [0.4, 0.5) is 10.5 Å². The maximum Gasteiger partial charge on any atom is 0.410 e. The van der Waals surface area contributed by atoms with Gasteiger partial charge in [0.05, 0.1) is 6.04 Å². The largest absolute Gasteiger partial charge is 0.444 e. The summed E-state index contributed by atoms with van der Waals surface area (Å²) >= 11 is 0. The van der Waals surface area contributed by atoms with E-state index in [9.17, 15) is 24.0 Å². The molecule has 1 aromatic carbocycles. The Morgan fingerprint density at radius 3 is 2.11 bits per heavy atom. The minimum absolute atomic E-state index is 0.0103. The van der Waals surface area contributed by atoms with E-state index in [1.54, 1.807) is 21.8 Å². The summed E-state index contributed by atoms with van der Waals surface area (Å²) in [5.74, 6) is 0.0304. The van der Waals surface area contributed by atoms with E-state index < -0.39 is 17.7 Å². The van der Waals surface area contributed by atoms with Crippen molar-refractivity contribution in [2.45, 2.75) is 129 Å². The SMILES string of the molecule is CC(C)n1nccc1C(=O)N[C@H](C(=O)Nc1ccc2c(c1)CC[C@H]2NC(=O)C(NC(=O)C1CCN(C(=O)OC(C)(C)C)CC1)C1CC1)C(C1CC1)C1CC1. The summed E-state index contributed by atoms with van der Waals surface area (Å²) in [7, 11) is 0. The van der Waals surface area contributed by atoms with Gasteiger partial charge in [0.1, 0.15) is 23.4 Å². The van der Waals surface area contributed by atoms with Gasteiger partial charge in [-0.2, -0.15) is 5.10 Å². The van der Waals surface area contributed by atoms with Gasteiger partial charge in [0, 0.05) is 36.9 Å². The van der Waals surface area contributed by atoms with Crippen LogP contribution in [0.15, 0.2) is 30.5 Å². The fourth-order valence-corrected chi connectivity index (χ4v) is 8.42. The summed E-state index contributed by atoms with van der Waals surface area (Å²) in [5.41, 5.74) is 2.61. The summed E-state index contributed by atoms with van der Waals surface area (Å²) in [6.45, 7) is 10.3. The molecule has 4 N–H and O–H groups in total. The van der Waals surface area contributed by atoms with E-state index in [1.807, 2.05) is 52.8 Å². The van der Waals surface area contributed by atoms with Crippen molar-refractivity contribution in [2.75, 3.05) is 18.4 Å². The van der Waals surface area contributed by atoms with E-state index in [4.69, 9.17) is 4.74 Å². The molecule has 4 aliphatic carbocycles. The smallest absolute Gasteiger partial charge is 0.410 e. The number of nitrogens with one attached hydrogen (secondary N) is 4. The first-order valence-electron chi connectivity index (χ1n) is 20.1.